The number of nitriles is 1. The highest BCUT2D eigenvalue weighted by atomic mass is 32.2. The van der Waals surface area contributed by atoms with E-state index in [4.69, 9.17) is 5.26 Å². The molecule has 1 aliphatic rings. The Hall–Kier alpha value is -1.43. The first-order valence-electron chi connectivity index (χ1n) is 6.32. The molecule has 1 aromatic carbocycles. The molecular formula is C13H16N2O4S2. The van der Waals surface area contributed by atoms with Crippen LogP contribution in [-0.4, -0.2) is 33.9 Å². The van der Waals surface area contributed by atoms with Crippen molar-refractivity contribution in [3.8, 4) is 6.07 Å². The third kappa shape index (κ3) is 3.43. The van der Waals surface area contributed by atoms with Crippen molar-refractivity contribution in [3.63, 3.8) is 0 Å². The summed E-state index contributed by atoms with van der Waals surface area (Å²) in [6.45, 7) is 3.24. The number of hydrogen-bond donors (Lipinski definition) is 1. The van der Waals surface area contributed by atoms with E-state index in [0.717, 1.165) is 0 Å². The largest absolute Gasteiger partial charge is 0.241 e. The molecule has 1 aliphatic heterocycles. The molecule has 1 saturated heterocycles. The van der Waals surface area contributed by atoms with Gasteiger partial charge in [-0.1, -0.05) is 0 Å². The van der Waals surface area contributed by atoms with E-state index in [2.05, 4.69) is 4.72 Å². The number of hydrogen-bond acceptors (Lipinski definition) is 5. The number of sulfonamides is 1. The van der Waals surface area contributed by atoms with Gasteiger partial charge in [-0.3, -0.25) is 0 Å². The zero-order valence-electron chi connectivity index (χ0n) is 11.8. The Morgan fingerprint density at radius 3 is 2.52 bits per heavy atom. The Morgan fingerprint density at radius 1 is 1.38 bits per heavy atom. The Balaban J connectivity index is 2.32. The predicted octanol–water partition coefficient (Wildman–Crippen LogP) is 0.722. The van der Waals surface area contributed by atoms with Gasteiger partial charge in [0.25, 0.3) is 0 Å². The van der Waals surface area contributed by atoms with Gasteiger partial charge >= 0.3 is 0 Å². The zero-order chi connectivity index (χ0) is 15.9. The van der Waals surface area contributed by atoms with Crippen LogP contribution in [0.15, 0.2) is 23.1 Å². The van der Waals surface area contributed by atoms with E-state index >= 15 is 0 Å². The van der Waals surface area contributed by atoms with Crippen LogP contribution in [0.1, 0.15) is 24.5 Å². The lowest BCUT2D eigenvalue weighted by atomic mass is 10.0. The van der Waals surface area contributed by atoms with E-state index in [0.29, 0.717) is 11.1 Å². The van der Waals surface area contributed by atoms with Gasteiger partial charge in [-0.05, 0) is 44.0 Å². The molecule has 1 aromatic rings. The molecule has 21 heavy (non-hydrogen) atoms. The Labute approximate surface area is 124 Å². The lowest BCUT2D eigenvalue weighted by molar-refractivity contribution is 0.462. The van der Waals surface area contributed by atoms with Crippen molar-refractivity contribution >= 4 is 19.9 Å². The Bertz CT molecular complexity index is 822. The van der Waals surface area contributed by atoms with Gasteiger partial charge in [0, 0.05) is 5.54 Å². The number of sulfone groups is 1. The first-order valence-corrected chi connectivity index (χ1v) is 9.63. The van der Waals surface area contributed by atoms with Gasteiger partial charge in [0.2, 0.25) is 10.0 Å². The van der Waals surface area contributed by atoms with Crippen molar-refractivity contribution in [2.75, 3.05) is 11.5 Å². The van der Waals surface area contributed by atoms with Crippen molar-refractivity contribution in [3.05, 3.63) is 29.3 Å². The SMILES string of the molecule is Cc1cc(S(=O)(=O)NC2(C)CCS(=O)(=O)C2)ccc1C#N. The highest BCUT2D eigenvalue weighted by Gasteiger charge is 2.41. The van der Waals surface area contributed by atoms with Crippen LogP contribution in [0.25, 0.3) is 0 Å². The van der Waals surface area contributed by atoms with Gasteiger partial charge in [0.15, 0.2) is 9.84 Å². The Kier molecular flexibility index (Phi) is 3.86. The maximum absolute atomic E-state index is 12.4. The van der Waals surface area contributed by atoms with Crippen LogP contribution in [-0.2, 0) is 19.9 Å². The van der Waals surface area contributed by atoms with Gasteiger partial charge in [-0.15, -0.1) is 0 Å². The van der Waals surface area contributed by atoms with Crippen LogP contribution in [0.5, 0.6) is 0 Å². The first-order chi connectivity index (χ1) is 9.57. The second-order valence-corrected chi connectivity index (χ2v) is 9.46. The van der Waals surface area contributed by atoms with E-state index in [1.165, 1.54) is 18.2 Å². The van der Waals surface area contributed by atoms with Gasteiger partial charge in [0.05, 0.1) is 28.0 Å². The molecule has 1 unspecified atom stereocenters. The topological polar surface area (TPSA) is 104 Å². The highest BCUT2D eigenvalue weighted by Crippen LogP contribution is 2.25. The van der Waals surface area contributed by atoms with Crippen LogP contribution in [0, 0.1) is 18.3 Å². The summed E-state index contributed by atoms with van der Waals surface area (Å²) in [6, 6.07) is 6.17. The molecular weight excluding hydrogens is 312 g/mol. The summed E-state index contributed by atoms with van der Waals surface area (Å²) in [6.07, 6.45) is 0.254. The van der Waals surface area contributed by atoms with Crippen LogP contribution >= 0.6 is 0 Å². The van der Waals surface area contributed by atoms with Crippen molar-refractivity contribution in [1.82, 2.24) is 4.72 Å². The number of rotatable bonds is 3. The third-order valence-electron chi connectivity index (χ3n) is 3.51. The maximum Gasteiger partial charge on any atom is 0.241 e. The van der Waals surface area contributed by atoms with Crippen LogP contribution < -0.4 is 4.72 Å². The summed E-state index contributed by atoms with van der Waals surface area (Å²) < 4.78 is 50.3. The van der Waals surface area contributed by atoms with Gasteiger partial charge < -0.3 is 0 Å². The molecule has 6 nitrogen and oxygen atoms in total. The van der Waals surface area contributed by atoms with E-state index in [-0.39, 0.29) is 22.8 Å². The van der Waals surface area contributed by atoms with Gasteiger partial charge in [0.1, 0.15) is 0 Å². The lowest BCUT2D eigenvalue weighted by Gasteiger charge is -2.23. The number of nitrogens with one attached hydrogen (secondary N) is 1. The fourth-order valence-corrected chi connectivity index (χ4v) is 6.11. The molecule has 0 aromatic heterocycles. The quantitative estimate of drug-likeness (QED) is 0.880. The average molecular weight is 328 g/mol. The summed E-state index contributed by atoms with van der Waals surface area (Å²) in [5.74, 6) is -0.215. The van der Waals surface area contributed by atoms with E-state index in [1.807, 2.05) is 6.07 Å². The van der Waals surface area contributed by atoms with Crippen LogP contribution in [0.4, 0.5) is 0 Å². The summed E-state index contributed by atoms with van der Waals surface area (Å²) in [5.41, 5.74) is -0.0207. The monoisotopic (exact) mass is 328 g/mol. The molecule has 2 rings (SSSR count). The summed E-state index contributed by atoms with van der Waals surface area (Å²) in [7, 11) is -7.02. The molecule has 1 atom stereocenters. The minimum Gasteiger partial charge on any atom is -0.229 e. The van der Waals surface area contributed by atoms with E-state index in [1.54, 1.807) is 13.8 Å². The molecule has 0 amide bonds. The molecule has 114 valence electrons. The number of aryl methyl sites for hydroxylation is 1. The zero-order valence-corrected chi connectivity index (χ0v) is 13.4. The number of nitrogens with zero attached hydrogens (tertiary/aromatic N) is 1. The second-order valence-electron chi connectivity index (χ2n) is 5.60. The fraction of sp³-hybridized carbons (Fsp3) is 0.462. The number of benzene rings is 1. The van der Waals surface area contributed by atoms with Crippen LogP contribution in [0.3, 0.4) is 0 Å². The summed E-state index contributed by atoms with van der Waals surface area (Å²) >= 11 is 0. The van der Waals surface area contributed by atoms with Crippen molar-refractivity contribution < 1.29 is 16.8 Å². The van der Waals surface area contributed by atoms with Crippen molar-refractivity contribution in [2.24, 2.45) is 0 Å². The molecule has 0 radical (unpaired) electrons. The molecule has 1 heterocycles. The average Bonchev–Trinajstić information content (AvgIpc) is 2.62. The lowest BCUT2D eigenvalue weighted by Crippen LogP contribution is -2.46. The molecule has 0 aliphatic carbocycles. The van der Waals surface area contributed by atoms with E-state index in [9.17, 15) is 16.8 Å². The summed E-state index contributed by atoms with van der Waals surface area (Å²) in [4.78, 5) is 0.0320. The maximum atomic E-state index is 12.4. The molecule has 1 fully saturated rings. The molecule has 0 bridgehead atoms. The second kappa shape index (κ2) is 5.09. The Morgan fingerprint density at radius 2 is 2.05 bits per heavy atom. The van der Waals surface area contributed by atoms with Gasteiger partial charge in [-0.25, -0.2) is 21.6 Å². The molecule has 0 saturated carbocycles. The fourth-order valence-electron chi connectivity index (χ4n) is 2.40. The first kappa shape index (κ1) is 15.9. The molecule has 1 N–H and O–H groups in total. The molecule has 0 spiro atoms. The van der Waals surface area contributed by atoms with E-state index < -0.39 is 25.4 Å². The standard InChI is InChI=1S/C13H16N2O4S2/c1-10-7-12(4-3-11(10)8-14)21(18,19)15-13(2)5-6-20(16,17)9-13/h3-4,7,15H,5-6,9H2,1-2H3. The third-order valence-corrected chi connectivity index (χ3v) is 7.05. The normalized spacial score (nSPS) is 24.6. The highest BCUT2D eigenvalue weighted by molar-refractivity contribution is 7.92. The minimum absolute atomic E-state index is 0.0155. The minimum atomic E-state index is -3.82. The van der Waals surface area contributed by atoms with Crippen molar-refractivity contribution in [2.45, 2.75) is 30.7 Å². The van der Waals surface area contributed by atoms with Gasteiger partial charge in [-0.2, -0.15) is 5.26 Å². The molecule has 8 heteroatoms. The van der Waals surface area contributed by atoms with Crippen molar-refractivity contribution in [1.29, 1.82) is 5.26 Å². The summed E-state index contributed by atoms with van der Waals surface area (Å²) in [5, 5.41) is 8.86. The van der Waals surface area contributed by atoms with Crippen LogP contribution in [0.2, 0.25) is 0 Å². The smallest absolute Gasteiger partial charge is 0.229 e. The predicted molar refractivity (Wildman–Crippen MR) is 77.9 cm³/mol.